The molecule has 0 aromatic heterocycles. The quantitative estimate of drug-likeness (QED) is 0.489. The standard InChI is InChI=1S/C27H34FN3O4S/c1-4-30(5-2)16-6-8-19-18-20(28)10-15-25(19)36(33,34)29-23-13-14-24-22(26(23)27(32)35-3)12-11-21-9-7-17-31(21)24/h6,8,10,13-15,18,21,29H,4-5,7,9,11-12,16-17H2,1-3H3. The maximum Gasteiger partial charge on any atom is 0.340 e. The maximum atomic E-state index is 14.1. The first kappa shape index (κ1) is 26.2. The maximum absolute atomic E-state index is 14.1. The van der Waals surface area contributed by atoms with E-state index in [2.05, 4.69) is 14.5 Å². The summed E-state index contributed by atoms with van der Waals surface area (Å²) in [5.74, 6) is -1.11. The first-order chi connectivity index (χ1) is 17.3. The lowest BCUT2D eigenvalue weighted by atomic mass is 9.91. The van der Waals surface area contributed by atoms with Gasteiger partial charge in [0.2, 0.25) is 0 Å². The van der Waals surface area contributed by atoms with Crippen molar-refractivity contribution >= 4 is 33.4 Å². The number of carbonyl (C=O) groups is 1. The average Bonchev–Trinajstić information content (AvgIpc) is 3.35. The highest BCUT2D eigenvalue weighted by molar-refractivity contribution is 7.92. The van der Waals surface area contributed by atoms with Crippen LogP contribution in [0.4, 0.5) is 15.8 Å². The number of likely N-dealkylation sites (N-methyl/N-ethyl adjacent to an activating group) is 1. The number of ether oxygens (including phenoxy) is 1. The number of fused-ring (bicyclic) bond motifs is 3. The number of anilines is 2. The Labute approximate surface area is 213 Å². The molecule has 9 heteroatoms. The van der Waals surface area contributed by atoms with Gasteiger partial charge in [-0.3, -0.25) is 4.72 Å². The minimum absolute atomic E-state index is 0.0622. The Morgan fingerprint density at radius 1 is 1.22 bits per heavy atom. The van der Waals surface area contributed by atoms with Crippen LogP contribution in [0.25, 0.3) is 6.08 Å². The smallest absolute Gasteiger partial charge is 0.340 e. The summed E-state index contributed by atoms with van der Waals surface area (Å²) in [6, 6.07) is 7.54. The Hall–Kier alpha value is -2.91. The lowest BCUT2D eigenvalue weighted by Crippen LogP contribution is -2.35. The second-order valence-electron chi connectivity index (χ2n) is 9.18. The van der Waals surface area contributed by atoms with Gasteiger partial charge in [0.25, 0.3) is 10.0 Å². The van der Waals surface area contributed by atoms with Crippen LogP contribution in [0.5, 0.6) is 0 Å². The molecule has 1 fully saturated rings. The second kappa shape index (κ2) is 11.0. The molecule has 0 radical (unpaired) electrons. The number of sulfonamides is 1. The molecule has 7 nitrogen and oxygen atoms in total. The predicted octanol–water partition coefficient (Wildman–Crippen LogP) is 4.68. The van der Waals surface area contributed by atoms with Gasteiger partial charge in [-0.05, 0) is 80.2 Å². The minimum Gasteiger partial charge on any atom is -0.465 e. The third kappa shape index (κ3) is 5.27. The van der Waals surface area contributed by atoms with Gasteiger partial charge in [-0.2, -0.15) is 0 Å². The minimum atomic E-state index is -4.13. The molecule has 4 rings (SSSR count). The summed E-state index contributed by atoms with van der Waals surface area (Å²) in [4.78, 5) is 17.3. The highest BCUT2D eigenvalue weighted by Gasteiger charge is 2.34. The van der Waals surface area contributed by atoms with E-state index >= 15 is 0 Å². The van der Waals surface area contributed by atoms with Crippen LogP contribution in [-0.2, 0) is 21.2 Å². The Bertz CT molecular complexity index is 1260. The third-order valence-corrected chi connectivity index (χ3v) is 8.59. The third-order valence-electron chi connectivity index (χ3n) is 7.15. The number of nitrogens with zero attached hydrogens (tertiary/aromatic N) is 2. The Morgan fingerprint density at radius 2 is 2.00 bits per heavy atom. The molecule has 0 saturated carbocycles. The molecule has 0 aliphatic carbocycles. The Morgan fingerprint density at radius 3 is 2.72 bits per heavy atom. The fourth-order valence-corrected chi connectivity index (χ4v) is 6.50. The van der Waals surface area contributed by atoms with E-state index < -0.39 is 21.8 Å². The van der Waals surface area contributed by atoms with Crippen molar-refractivity contribution in [3.8, 4) is 0 Å². The molecule has 2 heterocycles. The van der Waals surface area contributed by atoms with Gasteiger partial charge in [0.15, 0.2) is 0 Å². The lowest BCUT2D eigenvalue weighted by molar-refractivity contribution is 0.0600. The van der Waals surface area contributed by atoms with E-state index in [-0.39, 0.29) is 21.7 Å². The van der Waals surface area contributed by atoms with Crippen molar-refractivity contribution in [3.63, 3.8) is 0 Å². The zero-order valence-electron chi connectivity index (χ0n) is 21.1. The van der Waals surface area contributed by atoms with E-state index in [4.69, 9.17) is 4.74 Å². The molecule has 2 aromatic rings. The summed E-state index contributed by atoms with van der Waals surface area (Å²) in [7, 11) is -2.84. The zero-order chi connectivity index (χ0) is 25.9. The molecule has 0 spiro atoms. The van der Waals surface area contributed by atoms with E-state index in [1.807, 2.05) is 26.0 Å². The van der Waals surface area contributed by atoms with Crippen LogP contribution < -0.4 is 9.62 Å². The number of nitrogens with one attached hydrogen (secondary N) is 1. The first-order valence-electron chi connectivity index (χ1n) is 12.5. The molecule has 1 unspecified atom stereocenters. The number of rotatable bonds is 9. The number of esters is 1. The average molecular weight is 516 g/mol. The van der Waals surface area contributed by atoms with Crippen molar-refractivity contribution in [1.82, 2.24) is 4.90 Å². The molecule has 0 bridgehead atoms. The topological polar surface area (TPSA) is 79.0 Å². The number of methoxy groups -OCH3 is 1. The number of carbonyl (C=O) groups excluding carboxylic acids is 1. The van der Waals surface area contributed by atoms with Crippen molar-refractivity contribution < 1.29 is 22.3 Å². The molecule has 1 N–H and O–H groups in total. The molecular weight excluding hydrogens is 481 g/mol. The Balaban J connectivity index is 1.70. The van der Waals surface area contributed by atoms with Gasteiger partial charge in [0.1, 0.15) is 5.82 Å². The monoisotopic (exact) mass is 515 g/mol. The number of hydrogen-bond acceptors (Lipinski definition) is 6. The summed E-state index contributed by atoms with van der Waals surface area (Å²) < 4.78 is 48.7. The highest BCUT2D eigenvalue weighted by atomic mass is 32.2. The SMILES string of the molecule is CCN(CC)CC=Cc1cc(F)ccc1S(=O)(=O)Nc1ccc2c(c1C(=O)OC)CCC1CCCN21. The molecule has 2 aromatic carbocycles. The van der Waals surface area contributed by atoms with Crippen LogP contribution in [0.15, 0.2) is 41.3 Å². The van der Waals surface area contributed by atoms with Gasteiger partial charge in [-0.25, -0.2) is 17.6 Å². The second-order valence-corrected chi connectivity index (χ2v) is 10.8. The fraction of sp³-hybridized carbons (Fsp3) is 0.444. The molecule has 1 saturated heterocycles. The van der Waals surface area contributed by atoms with Crippen molar-refractivity contribution in [2.24, 2.45) is 0 Å². The largest absolute Gasteiger partial charge is 0.465 e. The number of benzene rings is 2. The molecule has 2 aliphatic rings. The first-order valence-corrected chi connectivity index (χ1v) is 14.0. The summed E-state index contributed by atoms with van der Waals surface area (Å²) >= 11 is 0. The summed E-state index contributed by atoms with van der Waals surface area (Å²) in [5, 5.41) is 0. The van der Waals surface area contributed by atoms with E-state index in [1.165, 1.54) is 19.2 Å². The van der Waals surface area contributed by atoms with E-state index in [1.54, 1.807) is 12.1 Å². The number of hydrogen-bond donors (Lipinski definition) is 1. The fourth-order valence-electron chi connectivity index (χ4n) is 5.25. The van der Waals surface area contributed by atoms with Gasteiger partial charge < -0.3 is 14.5 Å². The van der Waals surface area contributed by atoms with Crippen LogP contribution in [-0.4, -0.2) is 58.6 Å². The van der Waals surface area contributed by atoms with Crippen LogP contribution in [0.3, 0.4) is 0 Å². The summed E-state index contributed by atoms with van der Waals surface area (Å²) in [6.45, 7) is 7.32. The van der Waals surface area contributed by atoms with E-state index in [9.17, 15) is 17.6 Å². The van der Waals surface area contributed by atoms with Crippen LogP contribution in [0.1, 0.15) is 54.6 Å². The van der Waals surface area contributed by atoms with Crippen molar-refractivity contribution in [2.45, 2.75) is 50.5 Å². The van der Waals surface area contributed by atoms with Crippen molar-refractivity contribution in [3.05, 3.63) is 58.9 Å². The predicted molar refractivity (Wildman–Crippen MR) is 141 cm³/mol. The van der Waals surface area contributed by atoms with Crippen LogP contribution in [0.2, 0.25) is 0 Å². The van der Waals surface area contributed by atoms with Crippen LogP contribution >= 0.6 is 0 Å². The van der Waals surface area contributed by atoms with Crippen molar-refractivity contribution in [1.29, 1.82) is 0 Å². The molecule has 1 atom stereocenters. The molecule has 0 amide bonds. The lowest BCUT2D eigenvalue weighted by Gasteiger charge is -2.35. The van der Waals surface area contributed by atoms with E-state index in [0.717, 1.165) is 56.2 Å². The summed E-state index contributed by atoms with van der Waals surface area (Å²) in [5.41, 5.74) is 2.42. The van der Waals surface area contributed by atoms with Gasteiger partial charge in [-0.15, -0.1) is 0 Å². The van der Waals surface area contributed by atoms with Gasteiger partial charge in [0.05, 0.1) is 23.3 Å². The Kier molecular flexibility index (Phi) is 8.00. The van der Waals surface area contributed by atoms with Gasteiger partial charge in [-0.1, -0.05) is 26.0 Å². The van der Waals surface area contributed by atoms with Gasteiger partial charge >= 0.3 is 5.97 Å². The molecule has 36 heavy (non-hydrogen) atoms. The van der Waals surface area contributed by atoms with Gasteiger partial charge in [0, 0.05) is 24.8 Å². The normalized spacial score (nSPS) is 17.4. The zero-order valence-corrected chi connectivity index (χ0v) is 21.9. The molecule has 2 aliphatic heterocycles. The van der Waals surface area contributed by atoms with Crippen molar-refractivity contribution in [2.75, 3.05) is 42.9 Å². The highest BCUT2D eigenvalue weighted by Crippen LogP contribution is 2.41. The van der Waals surface area contributed by atoms with Crippen LogP contribution in [0, 0.1) is 5.82 Å². The van der Waals surface area contributed by atoms with E-state index in [0.29, 0.717) is 19.0 Å². The molecular formula is C27H34FN3O4S. The number of halogens is 1. The summed E-state index contributed by atoms with van der Waals surface area (Å²) in [6.07, 6.45) is 7.25. The molecule has 194 valence electrons.